The van der Waals surface area contributed by atoms with Gasteiger partial charge in [-0.25, -0.2) is 8.42 Å². The maximum atomic E-state index is 13.2. The lowest BCUT2D eigenvalue weighted by atomic mass is 10.1. The van der Waals surface area contributed by atoms with Crippen molar-refractivity contribution >= 4 is 43.2 Å². The third-order valence-corrected chi connectivity index (χ3v) is 8.79. The number of fused-ring (bicyclic) bond motifs is 1. The van der Waals surface area contributed by atoms with Gasteiger partial charge in [-0.2, -0.15) is 4.99 Å². The van der Waals surface area contributed by atoms with Gasteiger partial charge in [0, 0.05) is 18.7 Å². The number of nitrogens with zero attached hydrogens (tertiary/aromatic N) is 3. The molecule has 0 fully saturated rings. The molecule has 34 heavy (non-hydrogen) atoms. The lowest BCUT2D eigenvalue weighted by Gasteiger charge is -2.22. The minimum Gasteiger partial charge on any atom is -0.317 e. The number of amides is 1. The van der Waals surface area contributed by atoms with Crippen LogP contribution >= 0.6 is 11.3 Å². The summed E-state index contributed by atoms with van der Waals surface area (Å²) in [4.78, 5) is 18.1. The predicted molar refractivity (Wildman–Crippen MR) is 138 cm³/mol. The molecule has 0 bridgehead atoms. The molecule has 0 saturated carbocycles. The molecule has 0 spiro atoms. The van der Waals surface area contributed by atoms with Gasteiger partial charge in [0.1, 0.15) is 0 Å². The highest BCUT2D eigenvalue weighted by molar-refractivity contribution is 7.92. The number of anilines is 1. The van der Waals surface area contributed by atoms with Crippen molar-refractivity contribution in [1.29, 1.82) is 0 Å². The summed E-state index contributed by atoms with van der Waals surface area (Å²) in [5.74, 6) is -0.401. The van der Waals surface area contributed by atoms with E-state index in [9.17, 15) is 13.2 Å². The maximum Gasteiger partial charge on any atom is 0.279 e. The molecular weight excluding hydrogens is 466 g/mol. The van der Waals surface area contributed by atoms with E-state index in [1.54, 1.807) is 31.2 Å². The molecule has 176 valence electrons. The Morgan fingerprint density at radius 3 is 2.24 bits per heavy atom. The van der Waals surface area contributed by atoms with Gasteiger partial charge in [0.25, 0.3) is 15.9 Å². The number of aromatic nitrogens is 1. The normalized spacial score (nSPS) is 12.3. The molecule has 0 unspecified atom stereocenters. The molecular formula is C26H27N3O3S2. The minimum atomic E-state index is -3.75. The third kappa shape index (κ3) is 4.43. The molecule has 4 aromatic rings. The smallest absolute Gasteiger partial charge is 0.279 e. The molecule has 6 nitrogen and oxygen atoms in total. The van der Waals surface area contributed by atoms with Crippen molar-refractivity contribution in [2.45, 2.75) is 39.1 Å². The van der Waals surface area contributed by atoms with Gasteiger partial charge in [-0.15, -0.1) is 0 Å². The molecule has 0 aliphatic carbocycles. The highest BCUT2D eigenvalue weighted by Gasteiger charge is 2.23. The van der Waals surface area contributed by atoms with E-state index in [4.69, 9.17) is 0 Å². The van der Waals surface area contributed by atoms with Crippen LogP contribution in [0.15, 0.2) is 76.6 Å². The number of rotatable bonds is 6. The van der Waals surface area contributed by atoms with Gasteiger partial charge >= 0.3 is 0 Å². The van der Waals surface area contributed by atoms with E-state index in [1.165, 1.54) is 51.0 Å². The molecule has 0 radical (unpaired) electrons. The standard InChI is InChI=1S/C26H27N3O3S2/c1-5-28-23-16-18(3)19(4)17-24(23)33-26(28)27-25(30)20-12-14-22(15-13-20)34(31,32)29(6-2)21-10-8-7-9-11-21/h7-17H,5-6H2,1-4H3. The van der Waals surface area contributed by atoms with Gasteiger partial charge < -0.3 is 4.57 Å². The average molecular weight is 494 g/mol. The van der Waals surface area contributed by atoms with Gasteiger partial charge in [0.2, 0.25) is 0 Å². The number of thiazole rings is 1. The van der Waals surface area contributed by atoms with E-state index in [0.29, 0.717) is 29.1 Å². The first-order chi connectivity index (χ1) is 16.3. The molecule has 1 aromatic heterocycles. The van der Waals surface area contributed by atoms with Gasteiger partial charge in [-0.3, -0.25) is 9.10 Å². The van der Waals surface area contributed by atoms with Crippen LogP contribution < -0.4 is 9.11 Å². The second kappa shape index (κ2) is 9.56. The lowest BCUT2D eigenvalue weighted by Crippen LogP contribution is -2.30. The van der Waals surface area contributed by atoms with Crippen molar-refractivity contribution in [2.75, 3.05) is 10.8 Å². The Labute approximate surface area is 203 Å². The van der Waals surface area contributed by atoms with Crippen LogP contribution in [0.5, 0.6) is 0 Å². The fourth-order valence-corrected chi connectivity index (χ4v) is 6.49. The predicted octanol–water partition coefficient (Wildman–Crippen LogP) is 5.30. The first kappa shape index (κ1) is 23.9. The third-order valence-electron chi connectivity index (χ3n) is 5.83. The topological polar surface area (TPSA) is 71.7 Å². The van der Waals surface area contributed by atoms with E-state index in [-0.39, 0.29) is 4.90 Å². The number of para-hydroxylation sites is 1. The van der Waals surface area contributed by atoms with Crippen LogP contribution in [0.3, 0.4) is 0 Å². The van der Waals surface area contributed by atoms with Crippen LogP contribution in [-0.4, -0.2) is 25.4 Å². The van der Waals surface area contributed by atoms with Crippen LogP contribution in [0.4, 0.5) is 5.69 Å². The molecule has 3 aromatic carbocycles. The Hall–Kier alpha value is -3.23. The summed E-state index contributed by atoms with van der Waals surface area (Å²) in [5.41, 5.74) is 4.39. The van der Waals surface area contributed by atoms with Crippen molar-refractivity contribution in [3.05, 3.63) is 88.2 Å². The van der Waals surface area contributed by atoms with Gasteiger partial charge in [0.15, 0.2) is 4.80 Å². The van der Waals surface area contributed by atoms with E-state index in [2.05, 4.69) is 31.0 Å². The summed E-state index contributed by atoms with van der Waals surface area (Å²) < 4.78 is 30.8. The number of benzene rings is 3. The van der Waals surface area contributed by atoms with Gasteiger partial charge in [-0.05, 0) is 87.4 Å². The fraction of sp³-hybridized carbons (Fsp3) is 0.231. The Balaban J connectivity index is 1.67. The largest absolute Gasteiger partial charge is 0.317 e. The first-order valence-corrected chi connectivity index (χ1v) is 13.4. The monoisotopic (exact) mass is 493 g/mol. The number of carbonyl (C=O) groups excluding carboxylic acids is 1. The zero-order valence-corrected chi connectivity index (χ0v) is 21.3. The number of carbonyl (C=O) groups is 1. The summed E-state index contributed by atoms with van der Waals surface area (Å²) in [6.07, 6.45) is 0. The summed E-state index contributed by atoms with van der Waals surface area (Å²) in [5, 5.41) is 0. The van der Waals surface area contributed by atoms with Crippen LogP contribution in [0.2, 0.25) is 0 Å². The van der Waals surface area contributed by atoms with Crippen molar-refractivity contribution in [1.82, 2.24) is 4.57 Å². The van der Waals surface area contributed by atoms with Crippen LogP contribution in [0.1, 0.15) is 35.3 Å². The molecule has 8 heteroatoms. The fourth-order valence-electron chi connectivity index (χ4n) is 3.85. The minimum absolute atomic E-state index is 0.131. The van der Waals surface area contributed by atoms with Crippen LogP contribution in [-0.2, 0) is 16.6 Å². The van der Waals surface area contributed by atoms with E-state index >= 15 is 0 Å². The van der Waals surface area contributed by atoms with Crippen molar-refractivity contribution < 1.29 is 13.2 Å². The van der Waals surface area contributed by atoms with Gasteiger partial charge in [-0.1, -0.05) is 29.5 Å². The van der Waals surface area contributed by atoms with Crippen molar-refractivity contribution in [3.8, 4) is 0 Å². The lowest BCUT2D eigenvalue weighted by molar-refractivity contribution is 0.0997. The Morgan fingerprint density at radius 1 is 0.971 bits per heavy atom. The Kier molecular flexibility index (Phi) is 6.72. The van der Waals surface area contributed by atoms with Crippen molar-refractivity contribution in [3.63, 3.8) is 0 Å². The number of hydrogen-bond acceptors (Lipinski definition) is 4. The SMILES string of the molecule is CCN(c1ccccc1)S(=O)(=O)c1ccc(C(=O)N=c2sc3cc(C)c(C)cc3n2CC)cc1. The molecule has 1 amide bonds. The maximum absolute atomic E-state index is 13.2. The molecule has 1 heterocycles. The number of sulfonamides is 1. The van der Waals surface area contributed by atoms with Crippen LogP contribution in [0.25, 0.3) is 10.2 Å². The molecule has 4 rings (SSSR count). The average Bonchev–Trinajstić information content (AvgIpc) is 3.15. The zero-order valence-electron chi connectivity index (χ0n) is 19.6. The van der Waals surface area contributed by atoms with Crippen LogP contribution in [0, 0.1) is 13.8 Å². The number of hydrogen-bond donors (Lipinski definition) is 0. The molecule has 0 aliphatic rings. The zero-order chi connectivity index (χ0) is 24.5. The van der Waals surface area contributed by atoms with E-state index < -0.39 is 15.9 Å². The summed E-state index contributed by atoms with van der Waals surface area (Å²) in [6, 6.07) is 19.2. The second-order valence-electron chi connectivity index (χ2n) is 7.98. The second-order valence-corrected chi connectivity index (χ2v) is 10.9. The summed E-state index contributed by atoms with van der Waals surface area (Å²) in [7, 11) is -3.75. The molecule has 0 atom stereocenters. The number of aryl methyl sites for hydroxylation is 3. The Bertz CT molecular complexity index is 1520. The molecule has 0 saturated heterocycles. The molecule has 0 aliphatic heterocycles. The highest BCUT2D eigenvalue weighted by atomic mass is 32.2. The van der Waals surface area contributed by atoms with Gasteiger partial charge in [0.05, 0.1) is 20.8 Å². The first-order valence-electron chi connectivity index (χ1n) is 11.1. The summed E-state index contributed by atoms with van der Waals surface area (Å²) in [6.45, 7) is 8.94. The van der Waals surface area contributed by atoms with Crippen molar-refractivity contribution in [2.24, 2.45) is 4.99 Å². The molecule has 0 N–H and O–H groups in total. The van der Waals surface area contributed by atoms with E-state index in [0.717, 1.165) is 10.2 Å². The Morgan fingerprint density at radius 2 is 1.62 bits per heavy atom. The quantitative estimate of drug-likeness (QED) is 0.366. The highest BCUT2D eigenvalue weighted by Crippen LogP contribution is 2.24. The van der Waals surface area contributed by atoms with E-state index in [1.807, 2.05) is 17.6 Å². The summed E-state index contributed by atoms with van der Waals surface area (Å²) >= 11 is 1.48.